The number of nitrogens with one attached hydrogen (secondary N) is 3. The molecule has 0 bridgehead atoms. The number of hydrogen-bond donors (Lipinski definition) is 4. The summed E-state index contributed by atoms with van der Waals surface area (Å²) in [6.07, 6.45) is 2.55. The first-order valence-corrected chi connectivity index (χ1v) is 5.75. The van der Waals surface area contributed by atoms with Crippen LogP contribution in [0.5, 0.6) is 0 Å². The molecule has 1 heterocycles. The van der Waals surface area contributed by atoms with Gasteiger partial charge in [-0.3, -0.25) is 14.4 Å². The number of carboxylic acids is 1. The van der Waals surface area contributed by atoms with Gasteiger partial charge in [-0.25, -0.2) is 4.79 Å². The lowest BCUT2D eigenvalue weighted by molar-refractivity contribution is -0.133. The molecule has 0 spiro atoms. The average molecular weight is 269 g/mol. The molecule has 4 N–H and O–H groups in total. The zero-order valence-electron chi connectivity index (χ0n) is 10.1. The molecule has 8 heteroatoms. The summed E-state index contributed by atoms with van der Waals surface area (Å²) in [6, 6.07) is -0.576. The van der Waals surface area contributed by atoms with Gasteiger partial charge in [0.15, 0.2) is 0 Å². The van der Waals surface area contributed by atoms with Crippen LogP contribution < -0.4 is 16.0 Å². The van der Waals surface area contributed by atoms with Gasteiger partial charge in [0.25, 0.3) is 0 Å². The van der Waals surface area contributed by atoms with E-state index in [9.17, 15) is 19.2 Å². The lowest BCUT2D eigenvalue weighted by atomic mass is 10.1. The molecule has 0 aromatic carbocycles. The molecule has 1 atom stereocenters. The van der Waals surface area contributed by atoms with E-state index in [4.69, 9.17) is 5.11 Å². The summed E-state index contributed by atoms with van der Waals surface area (Å²) in [5.41, 5.74) is 0. The maximum Gasteiger partial charge on any atom is 0.328 e. The van der Waals surface area contributed by atoms with Crippen molar-refractivity contribution in [2.24, 2.45) is 0 Å². The van der Waals surface area contributed by atoms with Crippen LogP contribution in [0.3, 0.4) is 0 Å². The zero-order valence-corrected chi connectivity index (χ0v) is 10.1. The molecule has 0 aromatic rings. The highest BCUT2D eigenvalue weighted by Gasteiger charge is 2.24. The van der Waals surface area contributed by atoms with E-state index in [1.165, 1.54) is 0 Å². The number of hydrogen-bond acceptors (Lipinski definition) is 4. The monoisotopic (exact) mass is 269 g/mol. The van der Waals surface area contributed by atoms with Crippen molar-refractivity contribution in [1.29, 1.82) is 0 Å². The highest BCUT2D eigenvalue weighted by atomic mass is 16.4. The van der Waals surface area contributed by atoms with Gasteiger partial charge in [0.1, 0.15) is 6.04 Å². The Hall–Kier alpha value is -2.38. The Labute approximate surface area is 109 Å². The molecule has 1 fully saturated rings. The van der Waals surface area contributed by atoms with Crippen LogP contribution in [0.4, 0.5) is 0 Å². The largest absolute Gasteiger partial charge is 0.478 e. The predicted molar refractivity (Wildman–Crippen MR) is 64.0 cm³/mol. The number of carbonyl (C=O) groups is 4. The Kier molecular flexibility index (Phi) is 5.52. The molecule has 1 rings (SSSR count). The quantitative estimate of drug-likeness (QED) is 0.332. The molecular weight excluding hydrogens is 254 g/mol. The molecule has 19 heavy (non-hydrogen) atoms. The number of rotatable bonds is 6. The van der Waals surface area contributed by atoms with Gasteiger partial charge in [-0.05, 0) is 12.8 Å². The van der Waals surface area contributed by atoms with Gasteiger partial charge in [0, 0.05) is 18.7 Å². The molecule has 104 valence electrons. The van der Waals surface area contributed by atoms with Gasteiger partial charge in [-0.15, -0.1) is 0 Å². The maximum absolute atomic E-state index is 11.4. The first kappa shape index (κ1) is 14.7. The number of amides is 3. The second-order valence-electron chi connectivity index (χ2n) is 3.94. The lowest BCUT2D eigenvalue weighted by Gasteiger charge is -2.22. The van der Waals surface area contributed by atoms with Crippen molar-refractivity contribution in [3.63, 3.8) is 0 Å². The Morgan fingerprint density at radius 1 is 1.37 bits per heavy atom. The third kappa shape index (κ3) is 5.66. The van der Waals surface area contributed by atoms with Crippen molar-refractivity contribution >= 4 is 23.7 Å². The number of carboxylic acid groups (broad SMARTS) is 1. The average Bonchev–Trinajstić information content (AvgIpc) is 2.36. The predicted octanol–water partition coefficient (Wildman–Crippen LogP) is -1.86. The van der Waals surface area contributed by atoms with Crippen LogP contribution in [-0.2, 0) is 19.2 Å². The van der Waals surface area contributed by atoms with E-state index < -0.39 is 17.9 Å². The van der Waals surface area contributed by atoms with Crippen molar-refractivity contribution in [3.8, 4) is 0 Å². The van der Waals surface area contributed by atoms with Crippen LogP contribution in [0.2, 0.25) is 0 Å². The van der Waals surface area contributed by atoms with E-state index in [0.29, 0.717) is 19.4 Å². The van der Waals surface area contributed by atoms with E-state index in [1.54, 1.807) is 0 Å². The Balaban J connectivity index is 2.20. The van der Waals surface area contributed by atoms with Crippen LogP contribution >= 0.6 is 0 Å². The molecule has 1 saturated heterocycles. The molecule has 3 amide bonds. The fraction of sp³-hybridized carbons (Fsp3) is 0.455. The lowest BCUT2D eigenvalue weighted by Crippen LogP contribution is -2.56. The molecule has 0 aliphatic carbocycles. The van der Waals surface area contributed by atoms with Crippen molar-refractivity contribution in [2.75, 3.05) is 13.1 Å². The van der Waals surface area contributed by atoms with E-state index in [-0.39, 0.29) is 18.4 Å². The van der Waals surface area contributed by atoms with E-state index in [1.807, 2.05) is 0 Å². The van der Waals surface area contributed by atoms with Crippen LogP contribution in [0.15, 0.2) is 12.2 Å². The van der Waals surface area contributed by atoms with Crippen LogP contribution in [-0.4, -0.2) is 47.9 Å². The number of piperazine rings is 1. The second-order valence-corrected chi connectivity index (χ2v) is 3.94. The van der Waals surface area contributed by atoms with E-state index in [0.717, 1.165) is 12.2 Å². The summed E-state index contributed by atoms with van der Waals surface area (Å²) in [6.45, 7) is 0.286. The number of aliphatic carboxylic acids is 1. The first-order chi connectivity index (χ1) is 8.99. The van der Waals surface area contributed by atoms with Gasteiger partial charge in [-0.2, -0.15) is 0 Å². The molecule has 0 aromatic heterocycles. The summed E-state index contributed by atoms with van der Waals surface area (Å²) in [7, 11) is 0. The summed E-state index contributed by atoms with van der Waals surface area (Å²) in [4.78, 5) is 43.7. The molecule has 0 saturated carbocycles. The highest BCUT2D eigenvalue weighted by molar-refractivity contribution is 5.95. The number of carbonyl (C=O) groups excluding carboxylic acids is 3. The van der Waals surface area contributed by atoms with E-state index in [2.05, 4.69) is 16.0 Å². The van der Waals surface area contributed by atoms with Gasteiger partial charge >= 0.3 is 5.97 Å². The summed E-state index contributed by atoms with van der Waals surface area (Å²) in [5, 5.41) is 15.8. The Morgan fingerprint density at radius 2 is 2.11 bits per heavy atom. The van der Waals surface area contributed by atoms with Gasteiger partial charge in [0.05, 0.1) is 6.54 Å². The van der Waals surface area contributed by atoms with Gasteiger partial charge in [0.2, 0.25) is 17.7 Å². The Bertz CT molecular complexity index is 419. The smallest absolute Gasteiger partial charge is 0.328 e. The first-order valence-electron chi connectivity index (χ1n) is 5.75. The molecule has 0 radical (unpaired) electrons. The second kappa shape index (κ2) is 7.14. The molecular formula is C11H15N3O5. The van der Waals surface area contributed by atoms with Crippen molar-refractivity contribution in [1.82, 2.24) is 16.0 Å². The zero-order chi connectivity index (χ0) is 14.3. The van der Waals surface area contributed by atoms with Crippen molar-refractivity contribution in [2.45, 2.75) is 18.9 Å². The van der Waals surface area contributed by atoms with Crippen LogP contribution in [0.25, 0.3) is 0 Å². The molecule has 1 aliphatic heterocycles. The third-order valence-corrected chi connectivity index (χ3v) is 2.42. The normalized spacial score (nSPS) is 18.8. The molecule has 1 unspecified atom stereocenters. The fourth-order valence-corrected chi connectivity index (χ4v) is 1.53. The summed E-state index contributed by atoms with van der Waals surface area (Å²) >= 11 is 0. The summed E-state index contributed by atoms with van der Waals surface area (Å²) < 4.78 is 0. The van der Waals surface area contributed by atoms with Crippen LogP contribution in [0, 0.1) is 0 Å². The van der Waals surface area contributed by atoms with Gasteiger partial charge < -0.3 is 21.1 Å². The van der Waals surface area contributed by atoms with Crippen molar-refractivity contribution < 1.29 is 24.3 Å². The van der Waals surface area contributed by atoms with Crippen LogP contribution in [0.1, 0.15) is 12.8 Å². The topological polar surface area (TPSA) is 125 Å². The van der Waals surface area contributed by atoms with E-state index >= 15 is 0 Å². The SMILES string of the molecule is O=C(O)/C=C/C(=O)NCCCC1NC(=O)CNC1=O. The molecule has 8 nitrogen and oxygen atoms in total. The Morgan fingerprint density at radius 3 is 2.79 bits per heavy atom. The molecule has 1 aliphatic rings. The minimum atomic E-state index is -1.20. The standard InChI is InChI=1S/C11H15N3O5/c15-8(3-4-10(17)18)12-5-1-2-7-11(19)13-6-9(16)14-7/h3-4,7H,1-2,5-6H2,(H,12,15)(H,13,19)(H,14,16)(H,17,18)/b4-3+. The highest BCUT2D eigenvalue weighted by Crippen LogP contribution is 2.00. The fourth-order valence-electron chi connectivity index (χ4n) is 1.53. The minimum Gasteiger partial charge on any atom is -0.478 e. The minimum absolute atomic E-state index is 0.00788. The summed E-state index contributed by atoms with van der Waals surface area (Å²) in [5.74, 6) is -2.19. The van der Waals surface area contributed by atoms with Crippen molar-refractivity contribution in [3.05, 3.63) is 12.2 Å². The maximum atomic E-state index is 11.4. The third-order valence-electron chi connectivity index (χ3n) is 2.42. The van der Waals surface area contributed by atoms with Gasteiger partial charge in [-0.1, -0.05) is 0 Å².